The van der Waals surface area contributed by atoms with Crippen LogP contribution in [0.4, 0.5) is 5.69 Å². The second-order valence-corrected chi connectivity index (χ2v) is 5.33. The summed E-state index contributed by atoms with van der Waals surface area (Å²) in [4.78, 5) is 14.1. The van der Waals surface area contributed by atoms with Crippen molar-refractivity contribution in [2.24, 2.45) is 0 Å². The minimum absolute atomic E-state index is 0.0193. The second kappa shape index (κ2) is 6.89. The molecule has 2 N–H and O–H groups in total. The van der Waals surface area contributed by atoms with Gasteiger partial charge in [-0.1, -0.05) is 23.7 Å². The van der Waals surface area contributed by atoms with Crippen LogP contribution in [0.15, 0.2) is 24.3 Å². The maximum atomic E-state index is 12.0. The second-order valence-electron chi connectivity index (χ2n) is 4.92. The number of hydrogen-bond donors (Lipinski definition) is 2. The monoisotopic (exact) mass is 281 g/mol. The minimum atomic E-state index is -0.0193. The molecule has 1 heterocycles. The van der Waals surface area contributed by atoms with E-state index >= 15 is 0 Å². The molecule has 104 valence electrons. The molecule has 2 rings (SSSR count). The molecule has 1 aromatic carbocycles. The predicted molar refractivity (Wildman–Crippen MR) is 78.6 cm³/mol. The fourth-order valence-electron chi connectivity index (χ4n) is 2.36. The standard InChI is InChI=1S/C14H20ClN3O/c1-18(11-6-8-16-9-7-11)10-14(19)17-13-5-3-2-4-12(13)15/h2-5,11,16H,6-10H2,1H3,(H,17,19). The number of likely N-dealkylation sites (N-methyl/N-ethyl adjacent to an activating group) is 1. The van der Waals surface area contributed by atoms with Crippen LogP contribution in [0.5, 0.6) is 0 Å². The maximum absolute atomic E-state index is 12.0. The lowest BCUT2D eigenvalue weighted by Gasteiger charge is -2.31. The fourth-order valence-corrected chi connectivity index (χ4v) is 2.54. The molecule has 0 aliphatic carbocycles. The normalized spacial score (nSPS) is 16.6. The molecule has 0 bridgehead atoms. The first-order chi connectivity index (χ1) is 9.16. The van der Waals surface area contributed by atoms with Crippen molar-refractivity contribution in [2.75, 3.05) is 32.0 Å². The lowest BCUT2D eigenvalue weighted by Crippen LogP contribution is -2.44. The molecule has 1 fully saturated rings. The SMILES string of the molecule is CN(CC(=O)Nc1ccccc1Cl)C1CCNCC1. The molecule has 0 spiro atoms. The Kier molecular flexibility index (Phi) is 5.19. The summed E-state index contributed by atoms with van der Waals surface area (Å²) in [6.45, 7) is 2.46. The number of nitrogens with zero attached hydrogens (tertiary/aromatic N) is 1. The smallest absolute Gasteiger partial charge is 0.238 e. The molecule has 1 amide bonds. The van der Waals surface area contributed by atoms with E-state index in [1.165, 1.54) is 0 Å². The van der Waals surface area contributed by atoms with Crippen LogP contribution in [0.1, 0.15) is 12.8 Å². The van der Waals surface area contributed by atoms with Crippen molar-refractivity contribution < 1.29 is 4.79 Å². The van der Waals surface area contributed by atoms with Gasteiger partial charge in [-0.05, 0) is 45.1 Å². The summed E-state index contributed by atoms with van der Waals surface area (Å²) >= 11 is 6.02. The van der Waals surface area contributed by atoms with Gasteiger partial charge >= 0.3 is 0 Å². The van der Waals surface area contributed by atoms with E-state index in [1.807, 2.05) is 25.2 Å². The Bertz CT molecular complexity index is 432. The first-order valence-electron chi connectivity index (χ1n) is 6.62. The lowest BCUT2D eigenvalue weighted by molar-refractivity contribution is -0.117. The topological polar surface area (TPSA) is 44.4 Å². The number of rotatable bonds is 4. The molecular weight excluding hydrogens is 262 g/mol. The Morgan fingerprint density at radius 3 is 2.79 bits per heavy atom. The Morgan fingerprint density at radius 1 is 1.42 bits per heavy atom. The van der Waals surface area contributed by atoms with E-state index in [2.05, 4.69) is 15.5 Å². The van der Waals surface area contributed by atoms with E-state index in [-0.39, 0.29) is 5.91 Å². The molecule has 0 aromatic heterocycles. The van der Waals surface area contributed by atoms with Gasteiger partial charge < -0.3 is 10.6 Å². The molecule has 0 saturated carbocycles. The summed E-state index contributed by atoms with van der Waals surface area (Å²) in [5, 5.41) is 6.75. The largest absolute Gasteiger partial charge is 0.324 e. The molecular formula is C14H20ClN3O. The number of halogens is 1. The maximum Gasteiger partial charge on any atom is 0.238 e. The number of anilines is 1. The zero-order valence-electron chi connectivity index (χ0n) is 11.2. The Labute approximate surface area is 119 Å². The van der Waals surface area contributed by atoms with Crippen molar-refractivity contribution >= 4 is 23.2 Å². The molecule has 0 radical (unpaired) electrons. The van der Waals surface area contributed by atoms with Crippen LogP contribution in [0.3, 0.4) is 0 Å². The number of carbonyl (C=O) groups excluding carboxylic acids is 1. The predicted octanol–water partition coefficient (Wildman–Crippen LogP) is 1.96. The fraction of sp³-hybridized carbons (Fsp3) is 0.500. The molecule has 19 heavy (non-hydrogen) atoms. The Hall–Kier alpha value is -1.10. The average Bonchev–Trinajstić information content (AvgIpc) is 2.42. The van der Waals surface area contributed by atoms with Crippen molar-refractivity contribution in [2.45, 2.75) is 18.9 Å². The first kappa shape index (κ1) is 14.3. The minimum Gasteiger partial charge on any atom is -0.324 e. The van der Waals surface area contributed by atoms with Crippen molar-refractivity contribution in [3.05, 3.63) is 29.3 Å². The van der Waals surface area contributed by atoms with Crippen LogP contribution in [0.2, 0.25) is 5.02 Å². The number of nitrogens with one attached hydrogen (secondary N) is 2. The van der Waals surface area contributed by atoms with Crippen molar-refractivity contribution in [3.8, 4) is 0 Å². The quantitative estimate of drug-likeness (QED) is 0.887. The highest BCUT2D eigenvalue weighted by Gasteiger charge is 2.19. The lowest BCUT2D eigenvalue weighted by atomic mass is 10.1. The highest BCUT2D eigenvalue weighted by Crippen LogP contribution is 2.20. The summed E-state index contributed by atoms with van der Waals surface area (Å²) in [6.07, 6.45) is 2.19. The third kappa shape index (κ3) is 4.20. The van der Waals surface area contributed by atoms with Crippen LogP contribution in [0.25, 0.3) is 0 Å². The van der Waals surface area contributed by atoms with Crippen LogP contribution in [-0.4, -0.2) is 43.5 Å². The van der Waals surface area contributed by atoms with Crippen molar-refractivity contribution in [1.29, 1.82) is 0 Å². The van der Waals surface area contributed by atoms with E-state index < -0.39 is 0 Å². The van der Waals surface area contributed by atoms with Crippen molar-refractivity contribution in [1.82, 2.24) is 10.2 Å². The van der Waals surface area contributed by atoms with E-state index in [0.29, 0.717) is 23.3 Å². The third-order valence-electron chi connectivity index (χ3n) is 3.47. The van der Waals surface area contributed by atoms with Gasteiger partial charge in [-0.3, -0.25) is 9.69 Å². The van der Waals surface area contributed by atoms with Crippen LogP contribution in [0, 0.1) is 0 Å². The molecule has 1 aliphatic heterocycles. The summed E-state index contributed by atoms with van der Waals surface area (Å²) in [7, 11) is 2.00. The van der Waals surface area contributed by atoms with Gasteiger partial charge in [0.2, 0.25) is 5.91 Å². The highest BCUT2D eigenvalue weighted by molar-refractivity contribution is 6.33. The number of para-hydroxylation sites is 1. The van der Waals surface area contributed by atoms with Crippen molar-refractivity contribution in [3.63, 3.8) is 0 Å². The van der Waals surface area contributed by atoms with E-state index in [4.69, 9.17) is 11.6 Å². The average molecular weight is 282 g/mol. The van der Waals surface area contributed by atoms with Gasteiger partial charge in [0.05, 0.1) is 17.3 Å². The molecule has 1 saturated heterocycles. The molecule has 1 aliphatic rings. The number of hydrogen-bond acceptors (Lipinski definition) is 3. The number of benzene rings is 1. The molecule has 0 atom stereocenters. The summed E-state index contributed by atoms with van der Waals surface area (Å²) in [6, 6.07) is 7.77. The molecule has 0 unspecified atom stereocenters. The number of piperidine rings is 1. The van der Waals surface area contributed by atoms with Crippen LogP contribution >= 0.6 is 11.6 Å². The van der Waals surface area contributed by atoms with Gasteiger partial charge in [0.15, 0.2) is 0 Å². The van der Waals surface area contributed by atoms with Gasteiger partial charge in [0, 0.05) is 6.04 Å². The summed E-state index contributed by atoms with van der Waals surface area (Å²) in [5.41, 5.74) is 0.674. The van der Waals surface area contributed by atoms with E-state index in [1.54, 1.807) is 6.07 Å². The van der Waals surface area contributed by atoms with E-state index in [9.17, 15) is 4.79 Å². The van der Waals surface area contributed by atoms with Gasteiger partial charge in [0.25, 0.3) is 0 Å². The Morgan fingerprint density at radius 2 is 2.11 bits per heavy atom. The molecule has 1 aromatic rings. The van der Waals surface area contributed by atoms with Gasteiger partial charge in [-0.15, -0.1) is 0 Å². The zero-order chi connectivity index (χ0) is 13.7. The number of amides is 1. The summed E-state index contributed by atoms with van der Waals surface area (Å²) < 4.78 is 0. The zero-order valence-corrected chi connectivity index (χ0v) is 11.9. The third-order valence-corrected chi connectivity index (χ3v) is 3.80. The number of carbonyl (C=O) groups is 1. The Balaban J connectivity index is 1.85. The first-order valence-corrected chi connectivity index (χ1v) is 7.00. The van der Waals surface area contributed by atoms with Crippen LogP contribution in [-0.2, 0) is 4.79 Å². The highest BCUT2D eigenvalue weighted by atomic mass is 35.5. The summed E-state index contributed by atoms with van der Waals surface area (Å²) in [5.74, 6) is -0.0193. The molecule has 4 nitrogen and oxygen atoms in total. The van der Waals surface area contributed by atoms with E-state index in [0.717, 1.165) is 25.9 Å². The molecule has 5 heteroatoms. The van der Waals surface area contributed by atoms with Gasteiger partial charge in [-0.2, -0.15) is 0 Å². The van der Waals surface area contributed by atoms with Gasteiger partial charge in [0.1, 0.15) is 0 Å². The van der Waals surface area contributed by atoms with Gasteiger partial charge in [-0.25, -0.2) is 0 Å². The van der Waals surface area contributed by atoms with Crippen LogP contribution < -0.4 is 10.6 Å².